The zero-order valence-electron chi connectivity index (χ0n) is 14.8. The summed E-state index contributed by atoms with van der Waals surface area (Å²) in [6.45, 7) is 2.08. The minimum absolute atomic E-state index is 0.0960. The van der Waals surface area contributed by atoms with Gasteiger partial charge < -0.3 is 14.7 Å². The molecule has 0 bridgehead atoms. The Morgan fingerprint density at radius 2 is 2.00 bits per heavy atom. The Morgan fingerprint density at radius 3 is 2.76 bits per heavy atom. The summed E-state index contributed by atoms with van der Waals surface area (Å²) in [6.07, 6.45) is 5.37. The Hall–Kier alpha value is -1.39. The number of carbonyl (C=O) groups is 1. The van der Waals surface area contributed by atoms with Gasteiger partial charge in [-0.15, -0.1) is 0 Å². The standard InChI is InChI=1S/C21H29NO3/c23-20-8-10-25-14-18(20)19-7-4-9-22(19)21(24)13-15-11-17(12-15)16-5-2-1-3-6-16/h1-3,5-6,15,17-20,23H,4,7-14H2/t15?,17?,18-,19-,20-/m1/s1. The molecular formula is C21H29NO3. The van der Waals surface area contributed by atoms with Gasteiger partial charge >= 0.3 is 0 Å². The van der Waals surface area contributed by atoms with Crippen LogP contribution in [0.3, 0.4) is 0 Å². The highest BCUT2D eigenvalue weighted by Gasteiger charge is 2.41. The first kappa shape index (κ1) is 17.0. The number of hydrogen-bond donors (Lipinski definition) is 1. The summed E-state index contributed by atoms with van der Waals surface area (Å²) in [5.74, 6) is 1.53. The van der Waals surface area contributed by atoms with E-state index in [1.165, 1.54) is 5.56 Å². The fourth-order valence-electron chi connectivity index (χ4n) is 4.93. The van der Waals surface area contributed by atoms with Gasteiger partial charge in [0.1, 0.15) is 0 Å². The van der Waals surface area contributed by atoms with Gasteiger partial charge in [-0.1, -0.05) is 30.3 Å². The topological polar surface area (TPSA) is 49.8 Å². The van der Waals surface area contributed by atoms with Crippen molar-refractivity contribution in [1.82, 2.24) is 4.90 Å². The zero-order valence-corrected chi connectivity index (χ0v) is 14.8. The van der Waals surface area contributed by atoms with Crippen LogP contribution in [0.5, 0.6) is 0 Å². The number of likely N-dealkylation sites (tertiary alicyclic amines) is 1. The van der Waals surface area contributed by atoms with Crippen molar-refractivity contribution in [2.75, 3.05) is 19.8 Å². The van der Waals surface area contributed by atoms with Crippen molar-refractivity contribution in [2.45, 2.75) is 56.6 Å². The molecule has 1 aliphatic carbocycles. The van der Waals surface area contributed by atoms with Gasteiger partial charge in [0.15, 0.2) is 0 Å². The largest absolute Gasteiger partial charge is 0.393 e. The lowest BCUT2D eigenvalue weighted by Crippen LogP contribution is -2.48. The lowest BCUT2D eigenvalue weighted by Gasteiger charge is -2.39. The SMILES string of the molecule is O=C(CC1CC(c2ccccc2)C1)N1CCC[C@@H]1[C@H]1COCC[C@H]1O. The van der Waals surface area contributed by atoms with E-state index >= 15 is 0 Å². The summed E-state index contributed by atoms with van der Waals surface area (Å²) in [6, 6.07) is 10.8. The third kappa shape index (κ3) is 3.61. The molecule has 0 spiro atoms. The molecule has 1 aromatic rings. The van der Waals surface area contributed by atoms with Crippen molar-refractivity contribution in [2.24, 2.45) is 11.8 Å². The molecule has 2 saturated heterocycles. The number of aliphatic hydroxyl groups is 1. The highest BCUT2D eigenvalue weighted by molar-refractivity contribution is 5.77. The van der Waals surface area contributed by atoms with Crippen molar-refractivity contribution >= 4 is 5.91 Å². The van der Waals surface area contributed by atoms with E-state index in [9.17, 15) is 9.90 Å². The molecule has 1 aromatic carbocycles. The van der Waals surface area contributed by atoms with Gasteiger partial charge in [-0.25, -0.2) is 0 Å². The second-order valence-corrected chi connectivity index (χ2v) is 8.04. The first-order chi connectivity index (χ1) is 12.2. The van der Waals surface area contributed by atoms with Gasteiger partial charge in [0, 0.05) is 31.5 Å². The molecule has 0 unspecified atom stereocenters. The lowest BCUT2D eigenvalue weighted by molar-refractivity contribution is -0.138. The van der Waals surface area contributed by atoms with Crippen molar-refractivity contribution in [1.29, 1.82) is 0 Å². The Kier molecular flexibility index (Phi) is 5.09. The van der Waals surface area contributed by atoms with Crippen LogP contribution < -0.4 is 0 Å². The van der Waals surface area contributed by atoms with Gasteiger partial charge in [-0.2, -0.15) is 0 Å². The minimum atomic E-state index is -0.321. The molecule has 3 fully saturated rings. The molecular weight excluding hydrogens is 314 g/mol. The molecule has 4 nitrogen and oxygen atoms in total. The van der Waals surface area contributed by atoms with Crippen LogP contribution in [0.1, 0.15) is 50.0 Å². The van der Waals surface area contributed by atoms with E-state index in [2.05, 4.69) is 35.2 Å². The second-order valence-electron chi connectivity index (χ2n) is 8.04. The summed E-state index contributed by atoms with van der Waals surface area (Å²) < 4.78 is 5.57. The molecule has 25 heavy (non-hydrogen) atoms. The Labute approximate surface area is 150 Å². The first-order valence-corrected chi connectivity index (χ1v) is 9.82. The summed E-state index contributed by atoms with van der Waals surface area (Å²) in [5, 5.41) is 10.3. The quantitative estimate of drug-likeness (QED) is 0.914. The number of amides is 1. The summed E-state index contributed by atoms with van der Waals surface area (Å²) in [4.78, 5) is 14.9. The van der Waals surface area contributed by atoms with Crippen LogP contribution >= 0.6 is 0 Å². The van der Waals surface area contributed by atoms with Crippen molar-refractivity contribution in [3.05, 3.63) is 35.9 Å². The van der Waals surface area contributed by atoms with E-state index in [0.29, 0.717) is 37.9 Å². The fraction of sp³-hybridized carbons (Fsp3) is 0.667. The molecule has 3 aliphatic rings. The number of nitrogens with zero attached hydrogens (tertiary/aromatic N) is 1. The van der Waals surface area contributed by atoms with E-state index in [-0.39, 0.29) is 24.0 Å². The van der Waals surface area contributed by atoms with E-state index in [1.54, 1.807) is 0 Å². The molecule has 0 radical (unpaired) electrons. The van der Waals surface area contributed by atoms with Crippen LogP contribution in [0.15, 0.2) is 30.3 Å². The third-order valence-corrected chi connectivity index (χ3v) is 6.45. The van der Waals surface area contributed by atoms with Crippen molar-refractivity contribution < 1.29 is 14.6 Å². The summed E-state index contributed by atoms with van der Waals surface area (Å²) in [5.41, 5.74) is 1.41. The van der Waals surface area contributed by atoms with Crippen LogP contribution in [0.2, 0.25) is 0 Å². The molecule has 1 saturated carbocycles. The second kappa shape index (κ2) is 7.46. The van der Waals surface area contributed by atoms with E-state index < -0.39 is 0 Å². The number of ether oxygens (including phenoxy) is 1. The molecule has 136 valence electrons. The van der Waals surface area contributed by atoms with E-state index in [1.807, 2.05) is 0 Å². The first-order valence-electron chi connectivity index (χ1n) is 9.82. The van der Waals surface area contributed by atoms with Crippen LogP contribution in [0.25, 0.3) is 0 Å². The summed E-state index contributed by atoms with van der Waals surface area (Å²) in [7, 11) is 0. The number of rotatable bonds is 4. The van der Waals surface area contributed by atoms with Gasteiger partial charge in [0.25, 0.3) is 0 Å². The van der Waals surface area contributed by atoms with Gasteiger partial charge in [0.05, 0.1) is 12.7 Å². The normalized spacial score (nSPS) is 35.4. The third-order valence-electron chi connectivity index (χ3n) is 6.45. The van der Waals surface area contributed by atoms with Crippen molar-refractivity contribution in [3.8, 4) is 0 Å². The van der Waals surface area contributed by atoms with Gasteiger partial charge in [-0.3, -0.25) is 4.79 Å². The van der Waals surface area contributed by atoms with Crippen LogP contribution in [0, 0.1) is 11.8 Å². The number of carbonyl (C=O) groups excluding carboxylic acids is 1. The summed E-state index contributed by atoms with van der Waals surface area (Å²) >= 11 is 0. The van der Waals surface area contributed by atoms with Crippen LogP contribution in [-0.4, -0.2) is 47.8 Å². The molecule has 0 aromatic heterocycles. The number of hydrogen-bond acceptors (Lipinski definition) is 3. The average Bonchev–Trinajstić information content (AvgIpc) is 3.08. The van der Waals surface area contributed by atoms with Crippen molar-refractivity contribution in [3.63, 3.8) is 0 Å². The van der Waals surface area contributed by atoms with Crippen LogP contribution in [0.4, 0.5) is 0 Å². The predicted octanol–water partition coefficient (Wildman–Crippen LogP) is 2.96. The van der Waals surface area contributed by atoms with Gasteiger partial charge in [0.2, 0.25) is 5.91 Å². The van der Waals surface area contributed by atoms with E-state index in [4.69, 9.17) is 4.74 Å². The Balaban J connectivity index is 1.31. The highest BCUT2D eigenvalue weighted by Crippen LogP contribution is 2.44. The molecule has 4 rings (SSSR count). The van der Waals surface area contributed by atoms with Crippen LogP contribution in [-0.2, 0) is 9.53 Å². The lowest BCUT2D eigenvalue weighted by atomic mass is 9.70. The fourth-order valence-corrected chi connectivity index (χ4v) is 4.93. The Bertz CT molecular complexity index is 584. The average molecular weight is 343 g/mol. The predicted molar refractivity (Wildman–Crippen MR) is 96.2 cm³/mol. The monoisotopic (exact) mass is 343 g/mol. The number of benzene rings is 1. The van der Waals surface area contributed by atoms with E-state index in [0.717, 1.165) is 32.2 Å². The molecule has 1 amide bonds. The minimum Gasteiger partial charge on any atom is -0.393 e. The zero-order chi connectivity index (χ0) is 17.2. The smallest absolute Gasteiger partial charge is 0.223 e. The maximum Gasteiger partial charge on any atom is 0.223 e. The molecule has 4 heteroatoms. The molecule has 2 heterocycles. The Morgan fingerprint density at radius 1 is 1.20 bits per heavy atom. The molecule has 2 aliphatic heterocycles. The van der Waals surface area contributed by atoms with Gasteiger partial charge in [-0.05, 0) is 49.5 Å². The number of aliphatic hydroxyl groups excluding tert-OH is 1. The maximum absolute atomic E-state index is 12.9. The highest BCUT2D eigenvalue weighted by atomic mass is 16.5. The molecule has 1 N–H and O–H groups in total. The maximum atomic E-state index is 12.9. The molecule has 3 atom stereocenters.